The van der Waals surface area contributed by atoms with Gasteiger partial charge in [-0.2, -0.15) is 13.2 Å². The number of aromatic nitrogens is 2. The molecule has 2 aromatic heterocycles. The van der Waals surface area contributed by atoms with Crippen molar-refractivity contribution in [2.75, 3.05) is 5.43 Å². The Morgan fingerprint density at radius 1 is 1.33 bits per heavy atom. The zero-order valence-electron chi connectivity index (χ0n) is 8.73. The van der Waals surface area contributed by atoms with Crippen LogP contribution in [0.5, 0.6) is 0 Å². The van der Waals surface area contributed by atoms with E-state index in [0.29, 0.717) is 0 Å². The molecule has 18 heavy (non-hydrogen) atoms. The Bertz CT molecular complexity index is 527. The normalized spacial score (nSPS) is 11.6. The molecule has 0 aliphatic heterocycles. The third-order valence-corrected chi connectivity index (χ3v) is 3.76. The zero-order chi connectivity index (χ0) is 13.2. The predicted octanol–water partition coefficient (Wildman–Crippen LogP) is 2.99. The molecule has 2 rings (SSSR count). The van der Waals surface area contributed by atoms with Gasteiger partial charge in [-0.3, -0.25) is 0 Å². The Morgan fingerprint density at radius 3 is 2.67 bits per heavy atom. The van der Waals surface area contributed by atoms with Gasteiger partial charge in [-0.15, -0.1) is 11.3 Å². The summed E-state index contributed by atoms with van der Waals surface area (Å²) in [7, 11) is 0. The largest absolute Gasteiger partial charge is 0.451 e. The first-order chi connectivity index (χ1) is 8.49. The van der Waals surface area contributed by atoms with Crippen molar-refractivity contribution in [3.05, 3.63) is 29.4 Å². The van der Waals surface area contributed by atoms with Crippen LogP contribution in [0.2, 0.25) is 0 Å². The number of thiophene rings is 1. The first kappa shape index (κ1) is 13.1. The Kier molecular flexibility index (Phi) is 3.73. The van der Waals surface area contributed by atoms with Crippen molar-refractivity contribution < 1.29 is 13.2 Å². The number of rotatable bonds is 3. The van der Waals surface area contributed by atoms with Gasteiger partial charge in [0.25, 0.3) is 0 Å². The SMILES string of the molecule is NNc1cc(Sc2cccs2)nc(C(F)(F)F)n1. The minimum atomic E-state index is -4.60. The van der Waals surface area contributed by atoms with Crippen molar-refractivity contribution in [3.63, 3.8) is 0 Å². The highest BCUT2D eigenvalue weighted by atomic mass is 32.2. The predicted molar refractivity (Wildman–Crippen MR) is 63.3 cm³/mol. The number of hydrogen-bond acceptors (Lipinski definition) is 6. The van der Waals surface area contributed by atoms with Gasteiger partial charge in [0, 0.05) is 6.07 Å². The molecule has 0 aromatic carbocycles. The Balaban J connectivity index is 2.35. The number of alkyl halides is 3. The lowest BCUT2D eigenvalue weighted by atomic mass is 10.5. The molecule has 0 radical (unpaired) electrons. The second kappa shape index (κ2) is 5.12. The smallest absolute Gasteiger partial charge is 0.308 e. The summed E-state index contributed by atoms with van der Waals surface area (Å²) in [5.41, 5.74) is 2.10. The highest BCUT2D eigenvalue weighted by Gasteiger charge is 2.35. The molecule has 2 aromatic rings. The molecule has 0 aliphatic carbocycles. The van der Waals surface area contributed by atoms with E-state index in [9.17, 15) is 13.2 Å². The van der Waals surface area contributed by atoms with Gasteiger partial charge in [0.15, 0.2) is 0 Å². The van der Waals surface area contributed by atoms with Crippen LogP contribution in [-0.2, 0) is 6.18 Å². The van der Waals surface area contributed by atoms with Crippen molar-refractivity contribution >= 4 is 28.9 Å². The molecular weight excluding hydrogens is 285 g/mol. The summed E-state index contributed by atoms with van der Waals surface area (Å²) < 4.78 is 38.5. The number of hydrazine groups is 1. The van der Waals surface area contributed by atoms with E-state index in [-0.39, 0.29) is 10.8 Å². The summed E-state index contributed by atoms with van der Waals surface area (Å²) in [6, 6.07) is 4.96. The minimum Gasteiger partial charge on any atom is -0.308 e. The van der Waals surface area contributed by atoms with Crippen molar-refractivity contribution in [2.24, 2.45) is 5.84 Å². The highest BCUT2D eigenvalue weighted by molar-refractivity contribution is 8.01. The fourth-order valence-electron chi connectivity index (χ4n) is 1.10. The van der Waals surface area contributed by atoms with Crippen LogP contribution in [0, 0.1) is 0 Å². The molecule has 0 amide bonds. The maximum Gasteiger partial charge on any atom is 0.451 e. The van der Waals surface area contributed by atoms with Crippen LogP contribution in [-0.4, -0.2) is 9.97 Å². The quantitative estimate of drug-likeness (QED) is 0.517. The average Bonchev–Trinajstić information content (AvgIpc) is 2.80. The van der Waals surface area contributed by atoms with E-state index < -0.39 is 12.0 Å². The lowest BCUT2D eigenvalue weighted by Gasteiger charge is -2.08. The number of nitrogens with two attached hydrogens (primary N) is 1. The van der Waals surface area contributed by atoms with Crippen LogP contribution < -0.4 is 11.3 Å². The summed E-state index contributed by atoms with van der Waals surface area (Å²) in [5.74, 6) is 3.81. The number of hydrogen-bond donors (Lipinski definition) is 2. The summed E-state index contributed by atoms with van der Waals surface area (Å²) in [4.78, 5) is 6.74. The van der Waals surface area contributed by atoms with E-state index in [0.717, 1.165) is 16.0 Å². The van der Waals surface area contributed by atoms with Crippen LogP contribution in [0.4, 0.5) is 19.0 Å². The maximum atomic E-state index is 12.6. The average molecular weight is 292 g/mol. The number of halogens is 3. The standard InChI is InChI=1S/C9H7F3N4S2/c10-9(11,12)8-14-5(16-13)4-6(15-8)18-7-2-1-3-17-7/h1-4H,13H2,(H,14,15,16). The molecule has 0 saturated carbocycles. The van der Waals surface area contributed by atoms with E-state index in [2.05, 4.69) is 15.4 Å². The minimum absolute atomic E-state index is 0.0728. The molecule has 0 aliphatic rings. The van der Waals surface area contributed by atoms with Crippen LogP contribution in [0.1, 0.15) is 5.82 Å². The van der Waals surface area contributed by atoms with E-state index in [4.69, 9.17) is 5.84 Å². The molecule has 0 saturated heterocycles. The lowest BCUT2D eigenvalue weighted by molar-refractivity contribution is -0.145. The molecule has 3 N–H and O–H groups in total. The van der Waals surface area contributed by atoms with Gasteiger partial charge >= 0.3 is 6.18 Å². The van der Waals surface area contributed by atoms with E-state index in [1.807, 2.05) is 5.38 Å². The summed E-state index contributed by atoms with van der Waals surface area (Å²) >= 11 is 2.54. The van der Waals surface area contributed by atoms with Crippen molar-refractivity contribution in [1.82, 2.24) is 9.97 Å². The third kappa shape index (κ3) is 3.12. The number of nitrogens with zero attached hydrogens (tertiary/aromatic N) is 2. The Labute approximate surface area is 108 Å². The van der Waals surface area contributed by atoms with Gasteiger partial charge < -0.3 is 5.43 Å². The molecule has 2 heterocycles. The van der Waals surface area contributed by atoms with Gasteiger partial charge in [0.2, 0.25) is 5.82 Å². The Morgan fingerprint density at radius 2 is 2.11 bits per heavy atom. The fraction of sp³-hybridized carbons (Fsp3) is 0.111. The van der Waals surface area contributed by atoms with Crippen LogP contribution in [0.25, 0.3) is 0 Å². The van der Waals surface area contributed by atoms with E-state index in [1.54, 1.807) is 12.1 Å². The molecule has 0 fully saturated rings. The van der Waals surface area contributed by atoms with Crippen molar-refractivity contribution in [1.29, 1.82) is 0 Å². The van der Waals surface area contributed by atoms with Crippen molar-refractivity contribution in [3.8, 4) is 0 Å². The number of nitrogen functional groups attached to an aromatic ring is 1. The molecule has 0 spiro atoms. The zero-order valence-corrected chi connectivity index (χ0v) is 10.4. The van der Waals surface area contributed by atoms with Gasteiger partial charge in [-0.05, 0) is 11.4 Å². The highest BCUT2D eigenvalue weighted by Crippen LogP contribution is 2.33. The van der Waals surface area contributed by atoms with Crippen LogP contribution in [0.3, 0.4) is 0 Å². The molecule has 4 nitrogen and oxygen atoms in total. The summed E-state index contributed by atoms with van der Waals surface area (Å²) in [5, 5.41) is 2.02. The molecule has 0 unspecified atom stereocenters. The second-order valence-electron chi connectivity index (χ2n) is 3.09. The van der Waals surface area contributed by atoms with Gasteiger partial charge in [-0.1, -0.05) is 17.8 Å². The third-order valence-electron chi connectivity index (χ3n) is 1.80. The number of nitrogens with one attached hydrogen (secondary N) is 1. The molecule has 0 atom stereocenters. The topological polar surface area (TPSA) is 63.8 Å². The van der Waals surface area contributed by atoms with Gasteiger partial charge in [0.05, 0.1) is 4.21 Å². The lowest BCUT2D eigenvalue weighted by Crippen LogP contribution is -2.16. The number of anilines is 1. The van der Waals surface area contributed by atoms with E-state index in [1.165, 1.54) is 17.4 Å². The molecular formula is C9H7F3N4S2. The summed E-state index contributed by atoms with van der Waals surface area (Å²) in [6.45, 7) is 0. The van der Waals surface area contributed by atoms with Crippen LogP contribution in [0.15, 0.2) is 32.8 Å². The first-order valence-corrected chi connectivity index (χ1v) is 6.33. The Hall–Kier alpha value is -1.32. The second-order valence-corrected chi connectivity index (χ2v) is 5.36. The van der Waals surface area contributed by atoms with Crippen molar-refractivity contribution in [2.45, 2.75) is 15.4 Å². The summed E-state index contributed by atoms with van der Waals surface area (Å²) in [6.07, 6.45) is -4.60. The monoisotopic (exact) mass is 292 g/mol. The van der Waals surface area contributed by atoms with Gasteiger partial charge in [0.1, 0.15) is 10.8 Å². The molecule has 0 bridgehead atoms. The van der Waals surface area contributed by atoms with Crippen LogP contribution >= 0.6 is 23.1 Å². The maximum absolute atomic E-state index is 12.6. The molecule has 9 heteroatoms. The first-order valence-electron chi connectivity index (χ1n) is 4.63. The fourth-order valence-corrected chi connectivity index (χ4v) is 2.82. The molecule has 96 valence electrons. The van der Waals surface area contributed by atoms with E-state index >= 15 is 0 Å². The van der Waals surface area contributed by atoms with Gasteiger partial charge in [-0.25, -0.2) is 15.8 Å².